The molecule has 14 nitrogen and oxygen atoms in total. The van der Waals surface area contributed by atoms with Crippen molar-refractivity contribution in [3.05, 3.63) is 46.1 Å². The number of nitrogens with zero attached hydrogens (tertiary/aromatic N) is 2. The van der Waals surface area contributed by atoms with Gasteiger partial charge in [0, 0.05) is 41.9 Å². The quantitative estimate of drug-likeness (QED) is 0.175. The zero-order valence-electron chi connectivity index (χ0n) is 41.0. The van der Waals surface area contributed by atoms with E-state index in [1.165, 1.54) is 0 Å². The van der Waals surface area contributed by atoms with Gasteiger partial charge in [-0.1, -0.05) is 46.3 Å². The van der Waals surface area contributed by atoms with Crippen LogP contribution < -0.4 is 0 Å². The Morgan fingerprint density at radius 1 is 0.779 bits per heavy atom. The number of ether oxygens (including phenoxy) is 5. The van der Waals surface area contributed by atoms with Crippen LogP contribution in [0.25, 0.3) is 0 Å². The van der Waals surface area contributed by atoms with Crippen LogP contribution in [0.5, 0.6) is 0 Å². The molecule has 9 fully saturated rings. The molecule has 13 aliphatic rings. The van der Waals surface area contributed by atoms with E-state index in [0.29, 0.717) is 44.4 Å². The van der Waals surface area contributed by atoms with E-state index in [1.54, 1.807) is 13.0 Å². The molecular weight excluding hydrogens is 869 g/mol. The zero-order chi connectivity index (χ0) is 47.7. The summed E-state index contributed by atoms with van der Waals surface area (Å²) in [5.41, 5.74) is -2.42. The summed E-state index contributed by atoms with van der Waals surface area (Å²) in [5.74, 6) is -3.13. The molecule has 0 aromatic carbocycles. The maximum atomic E-state index is 15.1. The molecule has 0 amide bonds. The number of rotatable bonds is 1. The summed E-state index contributed by atoms with van der Waals surface area (Å²) >= 11 is 0. The van der Waals surface area contributed by atoms with Gasteiger partial charge in [0.1, 0.15) is 35.1 Å². The number of hydrogen-bond acceptors (Lipinski definition) is 14. The lowest BCUT2D eigenvalue weighted by Crippen LogP contribution is -2.73. The van der Waals surface area contributed by atoms with Crippen LogP contribution in [-0.2, 0) is 54.2 Å². The molecule has 0 bridgehead atoms. The third kappa shape index (κ3) is 4.60. The molecule has 0 radical (unpaired) electrons. The summed E-state index contributed by atoms with van der Waals surface area (Å²) in [5, 5.41) is 71.7. The molecule has 4 spiro atoms. The van der Waals surface area contributed by atoms with E-state index in [2.05, 4.69) is 19.9 Å². The number of carbonyl (C=O) groups is 1. The molecule has 22 atom stereocenters. The van der Waals surface area contributed by atoms with Crippen molar-refractivity contribution >= 4 is 5.78 Å². The normalized spacial score (nSPS) is 59.2. The van der Waals surface area contributed by atoms with Crippen LogP contribution in [0.3, 0.4) is 0 Å². The van der Waals surface area contributed by atoms with E-state index in [1.807, 2.05) is 34.6 Å². The highest BCUT2D eigenvalue weighted by Gasteiger charge is 2.91. The lowest BCUT2D eigenvalue weighted by molar-refractivity contribution is -0.347. The molecule has 4 saturated carbocycles. The minimum Gasteiger partial charge on any atom is -0.393 e. The van der Waals surface area contributed by atoms with Gasteiger partial charge in [-0.25, -0.2) is 0 Å². The molecule has 6 N–H and O–H groups in total. The molecule has 68 heavy (non-hydrogen) atoms. The monoisotopic (exact) mass is 941 g/mol. The molecule has 6 heterocycles. The number of aliphatic hydroxyl groups is 6. The van der Waals surface area contributed by atoms with Crippen molar-refractivity contribution < 1.29 is 59.1 Å². The summed E-state index contributed by atoms with van der Waals surface area (Å²) < 4.78 is 32.9. The minimum atomic E-state index is -1.52. The Labute approximate surface area is 398 Å². The maximum absolute atomic E-state index is 15.1. The van der Waals surface area contributed by atoms with E-state index in [4.69, 9.17) is 33.7 Å². The summed E-state index contributed by atoms with van der Waals surface area (Å²) in [6.45, 7) is 16.0. The molecule has 14 heteroatoms. The third-order valence-corrected chi connectivity index (χ3v) is 23.4. The van der Waals surface area contributed by atoms with Crippen molar-refractivity contribution in [2.45, 2.75) is 203 Å². The van der Waals surface area contributed by atoms with Gasteiger partial charge in [0.05, 0.1) is 64.8 Å². The van der Waals surface area contributed by atoms with Gasteiger partial charge in [-0.2, -0.15) is 0 Å². The smallest absolute Gasteiger partial charge is 0.201 e. The van der Waals surface area contributed by atoms with E-state index in [0.717, 1.165) is 66.0 Å². The van der Waals surface area contributed by atoms with Crippen molar-refractivity contribution in [2.24, 2.45) is 63.1 Å². The summed E-state index contributed by atoms with van der Waals surface area (Å²) in [7, 11) is 0. The van der Waals surface area contributed by atoms with Gasteiger partial charge >= 0.3 is 0 Å². The Kier molecular flexibility index (Phi) is 8.34. The predicted molar refractivity (Wildman–Crippen MR) is 241 cm³/mol. The number of ketones is 1. The molecule has 5 aliphatic heterocycles. The maximum Gasteiger partial charge on any atom is 0.201 e. The fourth-order valence-corrected chi connectivity index (χ4v) is 19.8. The number of hydrogen-bond donors (Lipinski definition) is 6. The largest absolute Gasteiger partial charge is 0.393 e. The Morgan fingerprint density at radius 3 is 2.18 bits per heavy atom. The summed E-state index contributed by atoms with van der Waals surface area (Å²) in [6, 6.07) is 0. The first-order valence-corrected chi connectivity index (χ1v) is 26.2. The molecule has 1 aromatic heterocycles. The lowest BCUT2D eigenvalue weighted by atomic mass is 9.44. The number of aromatic nitrogens is 2. The number of fused-ring (bicyclic) bond motifs is 12. The fourth-order valence-electron chi connectivity index (χ4n) is 19.8. The van der Waals surface area contributed by atoms with Gasteiger partial charge in [-0.3, -0.25) is 14.8 Å². The van der Waals surface area contributed by atoms with Gasteiger partial charge in [0.15, 0.2) is 11.6 Å². The first-order chi connectivity index (χ1) is 31.9. The average Bonchev–Trinajstić information content (AvgIpc) is 3.48. The van der Waals surface area contributed by atoms with E-state index < -0.39 is 86.2 Å². The van der Waals surface area contributed by atoms with Gasteiger partial charge in [-0.05, 0) is 125 Å². The molecule has 0 unspecified atom stereocenters. The zero-order valence-corrected chi connectivity index (χ0v) is 41.0. The number of aliphatic hydroxyl groups excluding tert-OH is 4. The standard InChI is InChI=1S/C54H72N2O12/c1-25-30-16-43-54(66-43)49(30,24-64-52(25)40(60)21-44(3,4)67-52)39(59)18-37-47(7)20-36-34(14-28(47)11-12-50(37,54)62)55-35-19-46(6)27(13-33(35)56-36)9-10-29-31(46)15-38(58)48(8)32(29)17-42-51(48,63)26(2)53(65-42)41(61)22-45(5,23-57)68-53/h17-18,25-31,38,40-43,57-58,60-63H,9-16,19-24H2,1-8H3/t25-,26-,27-,28-,29+,30+,31-,38+,40+,41+,42-,43-,45-,46-,47-,48+,49-,50-,51+,52+,53-,54-/m0/s1. The highest BCUT2D eigenvalue weighted by molar-refractivity contribution is 6.01. The van der Waals surface area contributed by atoms with Crippen LogP contribution in [0.2, 0.25) is 0 Å². The van der Waals surface area contributed by atoms with Gasteiger partial charge in [-0.15, -0.1) is 0 Å². The second-order valence-corrected chi connectivity index (χ2v) is 26.5. The topological polar surface area (TPSA) is 214 Å². The first-order valence-electron chi connectivity index (χ1n) is 26.2. The number of allylic oxidation sites excluding steroid dienone is 1. The Balaban J connectivity index is 0.757. The van der Waals surface area contributed by atoms with Crippen LogP contribution in [0.4, 0.5) is 0 Å². The van der Waals surface area contributed by atoms with Gasteiger partial charge in [0.25, 0.3) is 0 Å². The first kappa shape index (κ1) is 44.5. The SMILES string of the molecule is C[C@@H]1[C@]2(O[C@H]3C=C4[C@@H]5CC[C@H]6Cc7nc8c(nc7C[C@]6(C)[C@H]5C[C@@H](O)[C@]4(C)[C@]31O)C[C@@H]1CC[C@]3(O)C(=CC(=O)[C@]45CO[C@@]6(OC(C)(C)C[C@H]6O)[C@@H](C)[C@H]4C[C@@H]4O[C@]435)[C@@]1(C)C8)O[C@](C)(CO)C[C@H]2O. The van der Waals surface area contributed by atoms with Crippen molar-refractivity contribution in [1.29, 1.82) is 0 Å². The molecule has 5 saturated heterocycles. The Hall–Kier alpha value is -2.21. The van der Waals surface area contributed by atoms with Crippen LogP contribution in [-0.4, -0.2) is 130 Å². The van der Waals surface area contributed by atoms with Crippen LogP contribution >= 0.6 is 0 Å². The van der Waals surface area contributed by atoms with Gasteiger partial charge < -0.3 is 54.3 Å². The van der Waals surface area contributed by atoms with E-state index in [9.17, 15) is 30.6 Å². The molecule has 1 aromatic rings. The Bertz CT molecular complexity index is 2550. The second-order valence-electron chi connectivity index (χ2n) is 26.5. The highest BCUT2D eigenvalue weighted by Crippen LogP contribution is 2.79. The summed E-state index contributed by atoms with van der Waals surface area (Å²) in [4.78, 5) is 26.1. The van der Waals surface area contributed by atoms with Crippen molar-refractivity contribution in [2.75, 3.05) is 13.2 Å². The lowest BCUT2D eigenvalue weighted by Gasteiger charge is -2.62. The fraction of sp³-hybridized carbons (Fsp3) is 0.833. The van der Waals surface area contributed by atoms with Gasteiger partial charge in [0.2, 0.25) is 5.79 Å². The molecule has 370 valence electrons. The minimum absolute atomic E-state index is 0.0354. The van der Waals surface area contributed by atoms with Crippen molar-refractivity contribution in [1.82, 2.24) is 9.97 Å². The summed E-state index contributed by atoms with van der Waals surface area (Å²) in [6.07, 6.45) is 7.77. The molecular formula is C54H72N2O12. The Morgan fingerprint density at radius 2 is 1.49 bits per heavy atom. The highest BCUT2D eigenvalue weighted by atomic mass is 16.7. The van der Waals surface area contributed by atoms with Crippen LogP contribution in [0, 0.1) is 63.1 Å². The van der Waals surface area contributed by atoms with Crippen LogP contribution in [0.15, 0.2) is 23.3 Å². The van der Waals surface area contributed by atoms with E-state index in [-0.39, 0.29) is 66.5 Å². The second kappa shape index (κ2) is 12.8. The molecule has 8 aliphatic carbocycles. The van der Waals surface area contributed by atoms with Crippen molar-refractivity contribution in [3.8, 4) is 0 Å². The predicted octanol–water partition coefficient (Wildman–Crippen LogP) is 3.75. The molecule has 14 rings (SSSR count). The average molecular weight is 941 g/mol. The van der Waals surface area contributed by atoms with Crippen molar-refractivity contribution in [3.63, 3.8) is 0 Å². The number of epoxide rings is 1. The third-order valence-electron chi connectivity index (χ3n) is 23.4. The van der Waals surface area contributed by atoms with Crippen LogP contribution in [0.1, 0.15) is 130 Å². The van der Waals surface area contributed by atoms with E-state index >= 15 is 4.79 Å². The number of carbonyl (C=O) groups excluding carboxylic acids is 1.